The van der Waals surface area contributed by atoms with Crippen LogP contribution in [0.3, 0.4) is 0 Å². The Morgan fingerprint density at radius 2 is 1.75 bits per heavy atom. The number of hydrogen-bond donors (Lipinski definition) is 0. The molecule has 150 valence electrons. The maximum Gasteiger partial charge on any atom is 0.253 e. The van der Waals surface area contributed by atoms with Gasteiger partial charge in [-0.1, -0.05) is 0 Å². The van der Waals surface area contributed by atoms with E-state index in [0.29, 0.717) is 43.3 Å². The quantitative estimate of drug-likeness (QED) is 0.767. The standard InChI is InChI=1S/C20H25N3O4S/c24-18(21-8-10-27-11-9-21)13-23-16-12-15(4-5-17(16)28-14-19(23)25)20(26)22-6-2-1-3-7-22/h4-5,12H,1-3,6-11,13-14H2. The number of benzene rings is 1. The van der Waals surface area contributed by atoms with Crippen LogP contribution in [-0.4, -0.2) is 79.2 Å². The molecule has 3 heterocycles. The molecule has 28 heavy (non-hydrogen) atoms. The lowest BCUT2D eigenvalue weighted by Crippen LogP contribution is -2.48. The van der Waals surface area contributed by atoms with Gasteiger partial charge in [0.1, 0.15) is 6.54 Å². The number of amides is 3. The number of ether oxygens (including phenoxy) is 1. The molecule has 1 aromatic carbocycles. The van der Waals surface area contributed by atoms with Gasteiger partial charge in [0.2, 0.25) is 11.8 Å². The van der Waals surface area contributed by atoms with Crippen LogP contribution in [0.4, 0.5) is 5.69 Å². The molecule has 0 atom stereocenters. The second kappa shape index (κ2) is 8.53. The fourth-order valence-corrected chi connectivity index (χ4v) is 4.75. The highest BCUT2D eigenvalue weighted by Crippen LogP contribution is 2.36. The number of nitrogens with zero attached hydrogens (tertiary/aromatic N) is 3. The molecule has 0 unspecified atom stereocenters. The van der Waals surface area contributed by atoms with E-state index in [4.69, 9.17) is 4.74 Å². The Morgan fingerprint density at radius 1 is 1.00 bits per heavy atom. The zero-order chi connectivity index (χ0) is 19.5. The van der Waals surface area contributed by atoms with Crippen LogP contribution in [0.15, 0.2) is 23.1 Å². The van der Waals surface area contributed by atoms with Gasteiger partial charge in [0.25, 0.3) is 5.91 Å². The van der Waals surface area contributed by atoms with Crippen LogP contribution in [0.5, 0.6) is 0 Å². The molecule has 0 saturated carbocycles. The third-order valence-corrected chi connectivity index (χ3v) is 6.50. The predicted octanol–water partition coefficient (Wildman–Crippen LogP) is 1.61. The van der Waals surface area contributed by atoms with Crippen molar-refractivity contribution >= 4 is 35.2 Å². The number of likely N-dealkylation sites (tertiary alicyclic amines) is 1. The second-order valence-electron chi connectivity index (χ2n) is 7.30. The Kier molecular flexibility index (Phi) is 5.87. The minimum atomic E-state index is -0.0957. The van der Waals surface area contributed by atoms with Crippen molar-refractivity contribution < 1.29 is 19.1 Å². The van der Waals surface area contributed by atoms with Crippen molar-refractivity contribution in [2.45, 2.75) is 24.2 Å². The Balaban J connectivity index is 1.55. The molecule has 3 amide bonds. The van der Waals surface area contributed by atoms with Crippen molar-refractivity contribution in [1.82, 2.24) is 9.80 Å². The SMILES string of the molecule is O=C(CN1C(=O)CSc2ccc(C(=O)N3CCCCC3)cc21)N1CCOCC1. The van der Waals surface area contributed by atoms with E-state index in [9.17, 15) is 14.4 Å². The van der Waals surface area contributed by atoms with Gasteiger partial charge >= 0.3 is 0 Å². The number of carbonyl (C=O) groups excluding carboxylic acids is 3. The summed E-state index contributed by atoms with van der Waals surface area (Å²) in [6.45, 7) is 3.73. The summed E-state index contributed by atoms with van der Waals surface area (Å²) in [5.41, 5.74) is 1.26. The van der Waals surface area contributed by atoms with Gasteiger partial charge in [0, 0.05) is 36.6 Å². The maximum atomic E-state index is 12.9. The molecule has 4 rings (SSSR count). The first-order valence-corrected chi connectivity index (χ1v) is 10.8. The van der Waals surface area contributed by atoms with Gasteiger partial charge in [-0.3, -0.25) is 14.4 Å². The Morgan fingerprint density at radius 3 is 2.50 bits per heavy atom. The van der Waals surface area contributed by atoms with E-state index in [1.165, 1.54) is 16.7 Å². The van der Waals surface area contributed by atoms with Crippen molar-refractivity contribution in [3.63, 3.8) is 0 Å². The number of hydrogen-bond acceptors (Lipinski definition) is 5. The van der Waals surface area contributed by atoms with Crippen molar-refractivity contribution in [3.05, 3.63) is 23.8 Å². The molecule has 2 saturated heterocycles. The lowest BCUT2D eigenvalue weighted by atomic mass is 10.1. The van der Waals surface area contributed by atoms with E-state index in [1.54, 1.807) is 11.0 Å². The monoisotopic (exact) mass is 403 g/mol. The van der Waals surface area contributed by atoms with E-state index >= 15 is 0 Å². The first kappa shape index (κ1) is 19.3. The number of thioether (sulfide) groups is 1. The molecule has 0 bridgehead atoms. The number of piperidine rings is 1. The van der Waals surface area contributed by atoms with Gasteiger partial charge in [0.05, 0.1) is 24.7 Å². The first-order valence-electron chi connectivity index (χ1n) is 9.85. The van der Waals surface area contributed by atoms with Gasteiger partial charge in [-0.05, 0) is 37.5 Å². The molecule has 0 aliphatic carbocycles. The smallest absolute Gasteiger partial charge is 0.253 e. The highest BCUT2D eigenvalue weighted by molar-refractivity contribution is 8.00. The number of fused-ring (bicyclic) bond motifs is 1. The molecular weight excluding hydrogens is 378 g/mol. The Labute approximate surface area is 169 Å². The normalized spacial score (nSPS) is 20.1. The second-order valence-corrected chi connectivity index (χ2v) is 8.31. The van der Waals surface area contributed by atoms with Gasteiger partial charge < -0.3 is 19.4 Å². The summed E-state index contributed by atoms with van der Waals surface area (Å²) in [6.07, 6.45) is 3.23. The fraction of sp³-hybridized carbons (Fsp3) is 0.550. The van der Waals surface area contributed by atoms with E-state index in [2.05, 4.69) is 0 Å². The summed E-state index contributed by atoms with van der Waals surface area (Å²) in [6, 6.07) is 5.51. The summed E-state index contributed by atoms with van der Waals surface area (Å²) >= 11 is 1.46. The average Bonchev–Trinajstić information content (AvgIpc) is 2.76. The van der Waals surface area contributed by atoms with Crippen LogP contribution in [0.25, 0.3) is 0 Å². The maximum absolute atomic E-state index is 12.9. The van der Waals surface area contributed by atoms with E-state index in [-0.39, 0.29) is 24.3 Å². The number of carbonyl (C=O) groups is 3. The van der Waals surface area contributed by atoms with Crippen LogP contribution >= 0.6 is 11.8 Å². The zero-order valence-corrected chi connectivity index (χ0v) is 16.7. The Hall–Kier alpha value is -2.06. The molecule has 0 radical (unpaired) electrons. The zero-order valence-electron chi connectivity index (χ0n) is 15.9. The van der Waals surface area contributed by atoms with Crippen molar-refractivity contribution in [2.75, 3.05) is 56.6 Å². The Bertz CT molecular complexity index is 773. The first-order chi connectivity index (χ1) is 13.6. The van der Waals surface area contributed by atoms with Crippen LogP contribution in [0, 0.1) is 0 Å². The van der Waals surface area contributed by atoms with Gasteiger partial charge in [-0.15, -0.1) is 11.8 Å². The predicted molar refractivity (Wildman–Crippen MR) is 107 cm³/mol. The molecule has 1 aromatic rings. The lowest BCUT2D eigenvalue weighted by Gasteiger charge is -2.33. The summed E-state index contributed by atoms with van der Waals surface area (Å²) in [5.74, 6) is 0.136. The van der Waals surface area contributed by atoms with Crippen molar-refractivity contribution in [1.29, 1.82) is 0 Å². The van der Waals surface area contributed by atoms with Gasteiger partial charge in [0.15, 0.2) is 0 Å². The molecule has 8 heteroatoms. The van der Waals surface area contributed by atoms with E-state index in [0.717, 1.165) is 37.2 Å². The lowest BCUT2D eigenvalue weighted by molar-refractivity contribution is -0.134. The highest BCUT2D eigenvalue weighted by Gasteiger charge is 2.30. The van der Waals surface area contributed by atoms with Gasteiger partial charge in [-0.2, -0.15) is 0 Å². The average molecular weight is 404 g/mol. The van der Waals surface area contributed by atoms with Gasteiger partial charge in [-0.25, -0.2) is 0 Å². The number of anilines is 1. The van der Waals surface area contributed by atoms with Crippen LogP contribution in [0.1, 0.15) is 29.6 Å². The van der Waals surface area contributed by atoms with E-state index in [1.807, 2.05) is 17.0 Å². The number of rotatable bonds is 3. The molecule has 7 nitrogen and oxygen atoms in total. The third kappa shape index (κ3) is 4.03. The number of morpholine rings is 1. The summed E-state index contributed by atoms with van der Waals surface area (Å²) in [7, 11) is 0. The highest BCUT2D eigenvalue weighted by atomic mass is 32.2. The molecule has 3 aliphatic heterocycles. The van der Waals surface area contributed by atoms with Crippen molar-refractivity contribution in [2.24, 2.45) is 0 Å². The molecular formula is C20H25N3O4S. The van der Waals surface area contributed by atoms with Crippen LogP contribution < -0.4 is 4.90 Å². The minimum Gasteiger partial charge on any atom is -0.378 e. The molecule has 0 N–H and O–H groups in total. The molecule has 0 aromatic heterocycles. The largest absolute Gasteiger partial charge is 0.378 e. The molecule has 0 spiro atoms. The van der Waals surface area contributed by atoms with E-state index < -0.39 is 0 Å². The molecule has 3 aliphatic rings. The summed E-state index contributed by atoms with van der Waals surface area (Å²) in [4.78, 5) is 44.2. The molecule has 2 fully saturated rings. The summed E-state index contributed by atoms with van der Waals surface area (Å²) in [5, 5.41) is 0. The van der Waals surface area contributed by atoms with Crippen LogP contribution in [-0.2, 0) is 14.3 Å². The van der Waals surface area contributed by atoms with Crippen molar-refractivity contribution in [3.8, 4) is 0 Å². The minimum absolute atomic E-state index is 0.00461. The fourth-order valence-electron chi connectivity index (χ4n) is 3.84. The topological polar surface area (TPSA) is 70.2 Å². The van der Waals surface area contributed by atoms with Crippen LogP contribution in [0.2, 0.25) is 0 Å². The summed E-state index contributed by atoms with van der Waals surface area (Å²) < 4.78 is 5.30. The third-order valence-electron chi connectivity index (χ3n) is 5.45.